The molecule has 0 bridgehead atoms. The lowest BCUT2D eigenvalue weighted by Crippen LogP contribution is -2.30. The van der Waals surface area contributed by atoms with Gasteiger partial charge in [-0.1, -0.05) is 30.3 Å². The second-order valence-electron chi connectivity index (χ2n) is 4.90. The quantitative estimate of drug-likeness (QED) is 0.893. The first-order chi connectivity index (χ1) is 9.43. The van der Waals surface area contributed by atoms with Crippen molar-refractivity contribution in [3.63, 3.8) is 0 Å². The van der Waals surface area contributed by atoms with Crippen LogP contribution >= 0.6 is 0 Å². The number of hydrogen-bond donors (Lipinski definition) is 1. The Morgan fingerprint density at radius 3 is 2.74 bits per heavy atom. The summed E-state index contributed by atoms with van der Waals surface area (Å²) in [6.07, 6.45) is 4.37. The lowest BCUT2D eigenvalue weighted by molar-refractivity contribution is 0.108. The summed E-state index contributed by atoms with van der Waals surface area (Å²) in [6, 6.07) is 14.4. The predicted molar refractivity (Wildman–Crippen MR) is 74.0 cm³/mol. The van der Waals surface area contributed by atoms with E-state index in [0.29, 0.717) is 6.10 Å². The zero-order valence-corrected chi connectivity index (χ0v) is 10.9. The van der Waals surface area contributed by atoms with Gasteiger partial charge in [-0.3, -0.25) is 0 Å². The highest BCUT2D eigenvalue weighted by Gasteiger charge is 2.20. The molecule has 0 spiro atoms. The van der Waals surface area contributed by atoms with Crippen LogP contribution in [0.25, 0.3) is 0 Å². The number of ether oxygens (including phenoxy) is 1. The Hall–Kier alpha value is -1.58. The Balaban J connectivity index is 1.73. The molecule has 2 aromatic rings. The number of nitrogens with one attached hydrogen (secondary N) is 1. The number of rotatable bonds is 5. The van der Waals surface area contributed by atoms with E-state index in [0.717, 1.165) is 25.3 Å². The van der Waals surface area contributed by atoms with E-state index >= 15 is 0 Å². The molecular formula is C16H19NO2. The summed E-state index contributed by atoms with van der Waals surface area (Å²) in [5.41, 5.74) is 1.22. The van der Waals surface area contributed by atoms with Gasteiger partial charge >= 0.3 is 0 Å². The van der Waals surface area contributed by atoms with Gasteiger partial charge in [0.1, 0.15) is 5.76 Å². The average Bonchev–Trinajstić information content (AvgIpc) is 3.13. The molecule has 2 unspecified atom stereocenters. The monoisotopic (exact) mass is 257 g/mol. The van der Waals surface area contributed by atoms with Gasteiger partial charge < -0.3 is 14.5 Å². The molecule has 2 atom stereocenters. The first kappa shape index (κ1) is 12.5. The van der Waals surface area contributed by atoms with Crippen LogP contribution in [0.5, 0.6) is 0 Å². The van der Waals surface area contributed by atoms with Crippen molar-refractivity contribution in [2.75, 3.05) is 13.2 Å². The topological polar surface area (TPSA) is 34.4 Å². The van der Waals surface area contributed by atoms with Crippen molar-refractivity contribution in [1.29, 1.82) is 0 Å². The Morgan fingerprint density at radius 1 is 1.16 bits per heavy atom. The molecule has 0 radical (unpaired) electrons. The van der Waals surface area contributed by atoms with E-state index in [1.54, 1.807) is 6.26 Å². The lowest BCUT2D eigenvalue weighted by atomic mass is 10.0. The van der Waals surface area contributed by atoms with Crippen LogP contribution in [0.1, 0.15) is 30.2 Å². The second-order valence-corrected chi connectivity index (χ2v) is 4.90. The Labute approximate surface area is 113 Å². The first-order valence-corrected chi connectivity index (χ1v) is 6.87. The molecule has 0 aliphatic carbocycles. The van der Waals surface area contributed by atoms with Crippen LogP contribution in [0.15, 0.2) is 53.1 Å². The van der Waals surface area contributed by atoms with Crippen molar-refractivity contribution >= 4 is 0 Å². The number of benzene rings is 1. The molecule has 19 heavy (non-hydrogen) atoms. The third-order valence-electron chi connectivity index (χ3n) is 3.53. The summed E-state index contributed by atoms with van der Waals surface area (Å²) in [7, 11) is 0. The highest BCUT2D eigenvalue weighted by Crippen LogP contribution is 2.23. The highest BCUT2D eigenvalue weighted by molar-refractivity contribution is 5.26. The highest BCUT2D eigenvalue weighted by atomic mass is 16.5. The van der Waals surface area contributed by atoms with Crippen LogP contribution in [-0.4, -0.2) is 19.3 Å². The van der Waals surface area contributed by atoms with Crippen molar-refractivity contribution in [3.8, 4) is 0 Å². The van der Waals surface area contributed by atoms with E-state index in [2.05, 4.69) is 29.6 Å². The van der Waals surface area contributed by atoms with E-state index in [-0.39, 0.29) is 6.04 Å². The normalized spacial score (nSPS) is 20.5. The van der Waals surface area contributed by atoms with Crippen molar-refractivity contribution in [2.24, 2.45) is 0 Å². The molecule has 0 saturated carbocycles. The molecular weight excluding hydrogens is 238 g/mol. The van der Waals surface area contributed by atoms with Gasteiger partial charge in [-0.25, -0.2) is 0 Å². The van der Waals surface area contributed by atoms with Crippen LogP contribution in [0.3, 0.4) is 0 Å². The van der Waals surface area contributed by atoms with Crippen LogP contribution in [0, 0.1) is 0 Å². The molecule has 100 valence electrons. The van der Waals surface area contributed by atoms with Gasteiger partial charge in [-0.15, -0.1) is 0 Å². The van der Waals surface area contributed by atoms with E-state index in [1.165, 1.54) is 12.0 Å². The molecule has 2 heterocycles. The van der Waals surface area contributed by atoms with Gasteiger partial charge in [0.05, 0.1) is 18.4 Å². The van der Waals surface area contributed by atoms with Gasteiger partial charge in [0.25, 0.3) is 0 Å². The van der Waals surface area contributed by atoms with Gasteiger partial charge in [-0.2, -0.15) is 0 Å². The van der Waals surface area contributed by atoms with E-state index in [4.69, 9.17) is 9.15 Å². The van der Waals surface area contributed by atoms with Gasteiger partial charge in [0.15, 0.2) is 0 Å². The number of furan rings is 1. The molecule has 1 aliphatic rings. The fourth-order valence-corrected chi connectivity index (χ4v) is 2.54. The molecule has 3 nitrogen and oxygen atoms in total. The maximum atomic E-state index is 5.66. The number of hydrogen-bond acceptors (Lipinski definition) is 3. The molecule has 3 heteroatoms. The molecule has 1 aromatic heterocycles. The Kier molecular flexibility index (Phi) is 3.96. The molecule has 1 fully saturated rings. The minimum absolute atomic E-state index is 0.0976. The van der Waals surface area contributed by atoms with Gasteiger partial charge in [-0.05, 0) is 30.5 Å². The fourth-order valence-electron chi connectivity index (χ4n) is 2.54. The predicted octanol–water partition coefficient (Wildman–Crippen LogP) is 3.14. The summed E-state index contributed by atoms with van der Waals surface area (Å²) in [4.78, 5) is 0. The summed E-state index contributed by atoms with van der Waals surface area (Å²) in [5, 5.41) is 3.56. The molecule has 1 saturated heterocycles. The van der Waals surface area contributed by atoms with E-state index in [1.807, 2.05) is 18.2 Å². The van der Waals surface area contributed by atoms with Crippen LogP contribution in [0.4, 0.5) is 0 Å². The third kappa shape index (κ3) is 3.06. The summed E-state index contributed by atoms with van der Waals surface area (Å²) in [5.74, 6) is 0.948. The van der Waals surface area contributed by atoms with Crippen LogP contribution in [-0.2, 0) is 4.74 Å². The van der Waals surface area contributed by atoms with Crippen molar-refractivity contribution < 1.29 is 9.15 Å². The summed E-state index contributed by atoms with van der Waals surface area (Å²) < 4.78 is 11.2. The zero-order valence-electron chi connectivity index (χ0n) is 10.9. The molecule has 1 aromatic carbocycles. The Bertz CT molecular complexity index is 475. The lowest BCUT2D eigenvalue weighted by Gasteiger charge is -2.19. The smallest absolute Gasteiger partial charge is 0.125 e. The second kappa shape index (κ2) is 6.04. The van der Waals surface area contributed by atoms with Crippen molar-refractivity contribution in [3.05, 3.63) is 60.1 Å². The minimum Gasteiger partial charge on any atom is -0.467 e. The van der Waals surface area contributed by atoms with Gasteiger partial charge in [0.2, 0.25) is 0 Å². The molecule has 3 rings (SSSR count). The average molecular weight is 257 g/mol. The van der Waals surface area contributed by atoms with Crippen molar-refractivity contribution in [1.82, 2.24) is 5.32 Å². The Morgan fingerprint density at radius 2 is 2.05 bits per heavy atom. The van der Waals surface area contributed by atoms with E-state index in [9.17, 15) is 0 Å². The summed E-state index contributed by atoms with van der Waals surface area (Å²) in [6.45, 7) is 1.75. The van der Waals surface area contributed by atoms with Gasteiger partial charge in [0, 0.05) is 13.2 Å². The SMILES string of the molecule is c1ccc(C(NCC2CCCO2)c2ccco2)cc1. The fraction of sp³-hybridized carbons (Fsp3) is 0.375. The first-order valence-electron chi connectivity index (χ1n) is 6.87. The largest absolute Gasteiger partial charge is 0.467 e. The van der Waals surface area contributed by atoms with Crippen LogP contribution in [0.2, 0.25) is 0 Å². The van der Waals surface area contributed by atoms with E-state index < -0.39 is 0 Å². The standard InChI is InChI=1S/C16H19NO2/c1-2-6-13(7-3-1)16(15-9-5-11-19-15)17-12-14-8-4-10-18-14/h1-3,5-7,9,11,14,16-17H,4,8,10,12H2. The minimum atomic E-state index is 0.0976. The maximum Gasteiger partial charge on any atom is 0.125 e. The molecule has 1 N–H and O–H groups in total. The van der Waals surface area contributed by atoms with Crippen molar-refractivity contribution in [2.45, 2.75) is 25.0 Å². The third-order valence-corrected chi connectivity index (χ3v) is 3.53. The molecule has 1 aliphatic heterocycles. The summed E-state index contributed by atoms with van der Waals surface area (Å²) >= 11 is 0. The molecule has 0 amide bonds. The zero-order chi connectivity index (χ0) is 12.9. The van der Waals surface area contributed by atoms with Crippen LogP contribution < -0.4 is 5.32 Å². The maximum absolute atomic E-state index is 5.66.